The van der Waals surface area contributed by atoms with E-state index in [4.69, 9.17) is 0 Å². The van der Waals surface area contributed by atoms with E-state index in [-0.39, 0.29) is 0 Å². The first-order valence-electron chi connectivity index (χ1n) is 6.19. The van der Waals surface area contributed by atoms with Crippen molar-refractivity contribution in [2.75, 3.05) is 7.05 Å². The molecule has 1 aliphatic rings. The third kappa shape index (κ3) is 2.78. The molecule has 0 saturated heterocycles. The molecule has 0 spiro atoms. The number of tetrazole rings is 1. The first-order valence-corrected chi connectivity index (χ1v) is 6.19. The van der Waals surface area contributed by atoms with E-state index < -0.39 is 0 Å². The van der Waals surface area contributed by atoms with Gasteiger partial charge in [-0.3, -0.25) is 0 Å². The average molecular weight is 223 g/mol. The van der Waals surface area contributed by atoms with Crippen LogP contribution in [0.25, 0.3) is 0 Å². The molecular weight excluding hydrogens is 202 g/mol. The second kappa shape index (κ2) is 5.39. The van der Waals surface area contributed by atoms with Gasteiger partial charge in [-0.25, -0.2) is 0 Å². The number of rotatable bonds is 3. The van der Waals surface area contributed by atoms with Crippen LogP contribution in [0.4, 0.5) is 0 Å². The predicted molar refractivity (Wildman–Crippen MR) is 61.9 cm³/mol. The van der Waals surface area contributed by atoms with Crippen molar-refractivity contribution in [3.05, 3.63) is 5.82 Å². The number of aromatic nitrogens is 4. The van der Waals surface area contributed by atoms with Gasteiger partial charge in [-0.05, 0) is 31.0 Å². The van der Waals surface area contributed by atoms with E-state index in [1.807, 2.05) is 7.05 Å². The Morgan fingerprint density at radius 3 is 2.81 bits per heavy atom. The van der Waals surface area contributed by atoms with Crippen LogP contribution >= 0.6 is 0 Å². The van der Waals surface area contributed by atoms with Crippen molar-refractivity contribution in [2.45, 2.75) is 44.6 Å². The molecule has 2 atom stereocenters. The molecule has 0 amide bonds. The zero-order chi connectivity index (χ0) is 11.4. The molecule has 0 bridgehead atoms. The molecule has 1 saturated carbocycles. The summed E-state index contributed by atoms with van der Waals surface area (Å²) in [6, 6.07) is 0.617. The molecule has 0 aromatic carbocycles. The standard InChI is InChI=1S/C11H21N5/c1-12-10-7-5-3-4-6-9(10)8-11-13-15-16(2)14-11/h9-10,12H,3-8H2,1-2H3. The van der Waals surface area contributed by atoms with E-state index in [1.165, 1.54) is 32.1 Å². The molecule has 1 aliphatic carbocycles. The van der Waals surface area contributed by atoms with Gasteiger partial charge in [0.15, 0.2) is 5.82 Å². The topological polar surface area (TPSA) is 55.6 Å². The Labute approximate surface area is 96.6 Å². The highest BCUT2D eigenvalue weighted by Crippen LogP contribution is 2.25. The number of nitrogens with zero attached hydrogens (tertiary/aromatic N) is 4. The van der Waals surface area contributed by atoms with Crippen LogP contribution in [0, 0.1) is 5.92 Å². The van der Waals surface area contributed by atoms with Gasteiger partial charge in [-0.2, -0.15) is 4.80 Å². The van der Waals surface area contributed by atoms with Crippen LogP contribution in [-0.4, -0.2) is 33.3 Å². The lowest BCUT2D eigenvalue weighted by molar-refractivity contribution is 0.344. The lowest BCUT2D eigenvalue weighted by Crippen LogP contribution is -2.34. The lowest BCUT2D eigenvalue weighted by Gasteiger charge is -2.23. The first kappa shape index (κ1) is 11.5. The van der Waals surface area contributed by atoms with Crippen LogP contribution in [-0.2, 0) is 13.5 Å². The summed E-state index contributed by atoms with van der Waals surface area (Å²) < 4.78 is 0. The Morgan fingerprint density at radius 2 is 2.12 bits per heavy atom. The summed E-state index contributed by atoms with van der Waals surface area (Å²) in [6.45, 7) is 0. The number of hydrogen-bond acceptors (Lipinski definition) is 4. The average Bonchev–Trinajstić information content (AvgIpc) is 2.56. The van der Waals surface area contributed by atoms with Gasteiger partial charge >= 0.3 is 0 Å². The van der Waals surface area contributed by atoms with Gasteiger partial charge in [0.2, 0.25) is 0 Å². The molecule has 1 heterocycles. The summed E-state index contributed by atoms with van der Waals surface area (Å²) in [5.41, 5.74) is 0. The van der Waals surface area contributed by atoms with Crippen LogP contribution in [0.2, 0.25) is 0 Å². The fraction of sp³-hybridized carbons (Fsp3) is 0.909. The van der Waals surface area contributed by atoms with E-state index in [0.717, 1.165) is 12.2 Å². The minimum atomic E-state index is 0.617. The molecule has 0 aliphatic heterocycles. The monoisotopic (exact) mass is 223 g/mol. The summed E-state index contributed by atoms with van der Waals surface area (Å²) in [7, 11) is 3.88. The summed E-state index contributed by atoms with van der Waals surface area (Å²) in [5.74, 6) is 1.55. The molecular formula is C11H21N5. The summed E-state index contributed by atoms with van der Waals surface area (Å²) in [5, 5.41) is 15.7. The van der Waals surface area contributed by atoms with Gasteiger partial charge in [0.25, 0.3) is 0 Å². The fourth-order valence-corrected chi connectivity index (χ4v) is 2.65. The molecule has 2 rings (SSSR count). The van der Waals surface area contributed by atoms with Crippen LogP contribution < -0.4 is 5.32 Å². The Bertz CT molecular complexity index is 322. The Morgan fingerprint density at radius 1 is 1.31 bits per heavy atom. The Balaban J connectivity index is 1.99. The van der Waals surface area contributed by atoms with E-state index in [1.54, 1.807) is 4.80 Å². The predicted octanol–water partition coefficient (Wildman–Crippen LogP) is 0.921. The van der Waals surface area contributed by atoms with Crippen molar-refractivity contribution in [2.24, 2.45) is 13.0 Å². The van der Waals surface area contributed by atoms with Gasteiger partial charge in [-0.15, -0.1) is 10.2 Å². The van der Waals surface area contributed by atoms with Crippen LogP contribution in [0.1, 0.15) is 37.9 Å². The molecule has 1 aromatic heterocycles. The zero-order valence-corrected chi connectivity index (χ0v) is 10.2. The van der Waals surface area contributed by atoms with Crippen molar-refractivity contribution < 1.29 is 0 Å². The minimum absolute atomic E-state index is 0.617. The van der Waals surface area contributed by atoms with Crippen molar-refractivity contribution >= 4 is 0 Å². The molecule has 2 unspecified atom stereocenters. The quantitative estimate of drug-likeness (QED) is 0.774. The first-order chi connectivity index (χ1) is 7.79. The summed E-state index contributed by atoms with van der Waals surface area (Å²) in [6.07, 6.45) is 7.56. The van der Waals surface area contributed by atoms with Crippen molar-refractivity contribution in [3.8, 4) is 0 Å². The smallest absolute Gasteiger partial charge is 0.175 e. The van der Waals surface area contributed by atoms with Gasteiger partial charge in [0, 0.05) is 12.5 Å². The highest BCUT2D eigenvalue weighted by atomic mass is 15.6. The maximum atomic E-state index is 4.27. The molecule has 1 N–H and O–H groups in total. The highest BCUT2D eigenvalue weighted by molar-refractivity contribution is 4.87. The summed E-state index contributed by atoms with van der Waals surface area (Å²) in [4.78, 5) is 1.54. The van der Waals surface area contributed by atoms with Gasteiger partial charge in [0.1, 0.15) is 0 Å². The van der Waals surface area contributed by atoms with Crippen molar-refractivity contribution in [1.82, 2.24) is 25.5 Å². The maximum absolute atomic E-state index is 4.27. The second-order valence-electron chi connectivity index (χ2n) is 4.69. The third-order valence-electron chi connectivity index (χ3n) is 3.52. The fourth-order valence-electron chi connectivity index (χ4n) is 2.65. The molecule has 16 heavy (non-hydrogen) atoms. The highest BCUT2D eigenvalue weighted by Gasteiger charge is 2.23. The zero-order valence-electron chi connectivity index (χ0n) is 10.2. The Hall–Kier alpha value is -0.970. The SMILES string of the molecule is CNC1CCCCCC1Cc1nnn(C)n1. The van der Waals surface area contributed by atoms with Crippen molar-refractivity contribution in [3.63, 3.8) is 0 Å². The molecule has 5 nitrogen and oxygen atoms in total. The minimum Gasteiger partial charge on any atom is -0.317 e. The largest absolute Gasteiger partial charge is 0.317 e. The molecule has 5 heteroatoms. The molecule has 0 radical (unpaired) electrons. The second-order valence-corrected chi connectivity index (χ2v) is 4.69. The molecule has 1 aromatic rings. The summed E-state index contributed by atoms with van der Waals surface area (Å²) >= 11 is 0. The van der Waals surface area contributed by atoms with Crippen LogP contribution in [0.5, 0.6) is 0 Å². The number of nitrogens with one attached hydrogen (secondary N) is 1. The normalized spacial score (nSPS) is 26.6. The van der Waals surface area contributed by atoms with Gasteiger partial charge < -0.3 is 5.32 Å². The molecule has 90 valence electrons. The third-order valence-corrected chi connectivity index (χ3v) is 3.52. The van der Waals surface area contributed by atoms with Gasteiger partial charge in [-0.1, -0.05) is 19.3 Å². The Kier molecular flexibility index (Phi) is 3.88. The van der Waals surface area contributed by atoms with E-state index in [9.17, 15) is 0 Å². The number of hydrogen-bond donors (Lipinski definition) is 1. The van der Waals surface area contributed by atoms with Crippen LogP contribution in [0.15, 0.2) is 0 Å². The van der Waals surface area contributed by atoms with E-state index >= 15 is 0 Å². The maximum Gasteiger partial charge on any atom is 0.175 e. The van der Waals surface area contributed by atoms with E-state index in [0.29, 0.717) is 12.0 Å². The van der Waals surface area contributed by atoms with Crippen molar-refractivity contribution in [1.29, 1.82) is 0 Å². The van der Waals surface area contributed by atoms with E-state index in [2.05, 4.69) is 27.8 Å². The molecule has 1 fully saturated rings. The van der Waals surface area contributed by atoms with Gasteiger partial charge in [0.05, 0.1) is 7.05 Å². The lowest BCUT2D eigenvalue weighted by atomic mass is 9.91. The van der Waals surface area contributed by atoms with Crippen LogP contribution in [0.3, 0.4) is 0 Å². The number of aryl methyl sites for hydroxylation is 1.